The molecule has 0 aromatic carbocycles. The molecule has 4 aliphatic rings. The molecule has 4 fully saturated rings. The average molecular weight is 352 g/mol. The van der Waals surface area contributed by atoms with Crippen molar-refractivity contribution >= 4 is 5.97 Å². The van der Waals surface area contributed by atoms with E-state index >= 15 is 0 Å². The number of aliphatic hydroxyl groups is 2. The number of carbonyl (C=O) groups is 1. The van der Waals surface area contributed by atoms with E-state index in [4.69, 9.17) is 9.47 Å². The van der Waals surface area contributed by atoms with Crippen molar-refractivity contribution in [2.45, 2.75) is 77.8 Å². The van der Waals surface area contributed by atoms with Crippen LogP contribution in [-0.2, 0) is 14.3 Å². The summed E-state index contributed by atoms with van der Waals surface area (Å²) in [5.74, 6) is 1.01. The molecule has 5 nitrogen and oxygen atoms in total. The fourth-order valence-electron chi connectivity index (χ4n) is 6.86. The Morgan fingerprint density at radius 2 is 1.80 bits per heavy atom. The van der Waals surface area contributed by atoms with Crippen LogP contribution in [0.25, 0.3) is 0 Å². The van der Waals surface area contributed by atoms with Crippen LogP contribution in [0.1, 0.15) is 59.3 Å². The molecule has 0 amide bonds. The average Bonchev–Trinajstić information content (AvgIpc) is 2.85. The zero-order chi connectivity index (χ0) is 18.0. The number of fused-ring (bicyclic) bond motifs is 5. The molecule has 0 spiro atoms. The van der Waals surface area contributed by atoms with Crippen LogP contribution in [0.3, 0.4) is 0 Å². The summed E-state index contributed by atoms with van der Waals surface area (Å²) in [6.45, 7) is 6.55. The van der Waals surface area contributed by atoms with Crippen LogP contribution in [-0.4, -0.2) is 41.3 Å². The summed E-state index contributed by atoms with van der Waals surface area (Å²) in [6, 6.07) is 0. The summed E-state index contributed by atoms with van der Waals surface area (Å²) in [4.78, 5) is 11.5. The van der Waals surface area contributed by atoms with E-state index in [1.54, 1.807) is 0 Å². The molecule has 4 rings (SSSR count). The lowest BCUT2D eigenvalue weighted by Crippen LogP contribution is -2.59. The number of aliphatic hydroxyl groups excluding tert-OH is 2. The Morgan fingerprint density at radius 3 is 2.52 bits per heavy atom. The standard InChI is InChI=1S/C20H32O5/c1-11(21)25-18-20(3)7-5-14-17(15(20)10-24-18)16(23)9-12-8-13(22)4-6-19(12,14)2/h12-18,22-23H,4-10H2,1-3H3/t12?,13-,14?,15?,16-,17?,18+,19-,20-/m0/s1. The van der Waals surface area contributed by atoms with Crippen LogP contribution in [0.4, 0.5) is 0 Å². The van der Waals surface area contributed by atoms with Crippen molar-refractivity contribution in [1.29, 1.82) is 0 Å². The molecule has 2 N–H and O–H groups in total. The summed E-state index contributed by atoms with van der Waals surface area (Å²) in [5.41, 5.74) is -0.00479. The topological polar surface area (TPSA) is 76.0 Å². The molecule has 0 bridgehead atoms. The smallest absolute Gasteiger partial charge is 0.304 e. The Morgan fingerprint density at radius 1 is 1.08 bits per heavy atom. The second-order valence-electron chi connectivity index (χ2n) is 9.54. The molecule has 0 radical (unpaired) electrons. The van der Waals surface area contributed by atoms with Crippen LogP contribution in [0.2, 0.25) is 0 Å². The molecule has 1 aliphatic heterocycles. The first kappa shape index (κ1) is 17.7. The zero-order valence-corrected chi connectivity index (χ0v) is 15.6. The van der Waals surface area contributed by atoms with Gasteiger partial charge in [0.25, 0.3) is 0 Å². The Bertz CT molecular complexity index is 550. The lowest BCUT2D eigenvalue weighted by molar-refractivity contribution is -0.199. The summed E-state index contributed by atoms with van der Waals surface area (Å²) in [7, 11) is 0. The van der Waals surface area contributed by atoms with E-state index in [1.807, 2.05) is 0 Å². The van der Waals surface area contributed by atoms with Gasteiger partial charge in [0.1, 0.15) is 0 Å². The molecular formula is C20H32O5. The van der Waals surface area contributed by atoms with Gasteiger partial charge in [-0.1, -0.05) is 13.8 Å². The number of esters is 1. The third-order valence-electron chi connectivity index (χ3n) is 8.33. The van der Waals surface area contributed by atoms with Crippen molar-refractivity contribution in [2.75, 3.05) is 6.61 Å². The Labute approximate surface area is 150 Å². The summed E-state index contributed by atoms with van der Waals surface area (Å²) < 4.78 is 11.4. The molecule has 9 atom stereocenters. The van der Waals surface area contributed by atoms with Gasteiger partial charge in [-0.2, -0.15) is 0 Å². The van der Waals surface area contributed by atoms with Gasteiger partial charge in [-0.15, -0.1) is 0 Å². The van der Waals surface area contributed by atoms with E-state index in [-0.39, 0.29) is 40.8 Å². The van der Waals surface area contributed by atoms with Crippen molar-refractivity contribution in [3.8, 4) is 0 Å². The second kappa shape index (κ2) is 5.93. The maximum absolute atomic E-state index is 11.5. The number of hydrogen-bond donors (Lipinski definition) is 2. The number of hydrogen-bond acceptors (Lipinski definition) is 5. The molecule has 25 heavy (non-hydrogen) atoms. The first-order chi connectivity index (χ1) is 11.8. The highest BCUT2D eigenvalue weighted by Gasteiger charge is 2.64. The monoisotopic (exact) mass is 352 g/mol. The zero-order valence-electron chi connectivity index (χ0n) is 15.6. The van der Waals surface area contributed by atoms with Gasteiger partial charge < -0.3 is 19.7 Å². The minimum absolute atomic E-state index is 0.198. The van der Waals surface area contributed by atoms with E-state index in [0.717, 1.165) is 38.5 Å². The van der Waals surface area contributed by atoms with Gasteiger partial charge in [0, 0.05) is 12.3 Å². The van der Waals surface area contributed by atoms with Crippen molar-refractivity contribution < 1.29 is 24.5 Å². The van der Waals surface area contributed by atoms with Crippen LogP contribution in [0.15, 0.2) is 0 Å². The van der Waals surface area contributed by atoms with E-state index in [9.17, 15) is 15.0 Å². The molecule has 4 unspecified atom stereocenters. The Hall–Kier alpha value is -0.650. The van der Waals surface area contributed by atoms with Crippen LogP contribution >= 0.6 is 0 Å². The fraction of sp³-hybridized carbons (Fsp3) is 0.950. The number of carbonyl (C=O) groups excluding carboxylic acids is 1. The maximum atomic E-state index is 11.5. The predicted molar refractivity (Wildman–Crippen MR) is 91.4 cm³/mol. The van der Waals surface area contributed by atoms with Gasteiger partial charge >= 0.3 is 5.97 Å². The van der Waals surface area contributed by atoms with Gasteiger partial charge in [0.15, 0.2) is 0 Å². The SMILES string of the molecule is CC(=O)O[C@H]1OCC2C3C(CC[C@@]21C)[C@@]1(C)CC[C@H](O)CC1C[C@@H]3O. The maximum Gasteiger partial charge on any atom is 0.304 e. The molecule has 0 aromatic rings. The van der Waals surface area contributed by atoms with E-state index in [1.165, 1.54) is 6.92 Å². The van der Waals surface area contributed by atoms with Crippen molar-refractivity contribution in [1.82, 2.24) is 0 Å². The predicted octanol–water partition coefficient (Wildman–Crippen LogP) is 2.49. The van der Waals surface area contributed by atoms with Crippen LogP contribution in [0.5, 0.6) is 0 Å². The van der Waals surface area contributed by atoms with Crippen LogP contribution < -0.4 is 0 Å². The molecule has 3 aliphatic carbocycles. The molecule has 3 saturated carbocycles. The van der Waals surface area contributed by atoms with Crippen molar-refractivity contribution in [3.63, 3.8) is 0 Å². The number of ether oxygens (including phenoxy) is 2. The highest BCUT2D eigenvalue weighted by atomic mass is 16.7. The van der Waals surface area contributed by atoms with Gasteiger partial charge in [0.05, 0.1) is 18.8 Å². The molecule has 1 heterocycles. The summed E-state index contributed by atoms with van der Waals surface area (Å²) in [6.07, 6.45) is 4.49. The third kappa shape index (κ3) is 2.57. The molecule has 5 heteroatoms. The van der Waals surface area contributed by atoms with Gasteiger partial charge in [-0.25, -0.2) is 0 Å². The van der Waals surface area contributed by atoms with Crippen LogP contribution in [0, 0.1) is 34.5 Å². The first-order valence-corrected chi connectivity index (χ1v) is 9.90. The fourth-order valence-corrected chi connectivity index (χ4v) is 6.86. The third-order valence-corrected chi connectivity index (χ3v) is 8.33. The largest absolute Gasteiger partial charge is 0.435 e. The molecule has 0 aromatic heterocycles. The normalized spacial score (nSPS) is 55.0. The lowest BCUT2D eigenvalue weighted by atomic mass is 9.44. The molecular weight excluding hydrogens is 320 g/mol. The summed E-state index contributed by atoms with van der Waals surface area (Å²) >= 11 is 0. The highest BCUT2D eigenvalue weighted by Crippen LogP contribution is 2.65. The minimum atomic E-state index is -0.484. The lowest BCUT2D eigenvalue weighted by Gasteiger charge is -2.61. The van der Waals surface area contributed by atoms with Crippen molar-refractivity contribution in [3.05, 3.63) is 0 Å². The quantitative estimate of drug-likeness (QED) is 0.709. The van der Waals surface area contributed by atoms with E-state index in [2.05, 4.69) is 13.8 Å². The van der Waals surface area contributed by atoms with Gasteiger partial charge in [-0.05, 0) is 67.6 Å². The first-order valence-electron chi connectivity index (χ1n) is 9.90. The second-order valence-corrected chi connectivity index (χ2v) is 9.54. The Balaban J connectivity index is 1.62. The van der Waals surface area contributed by atoms with Gasteiger partial charge in [0.2, 0.25) is 6.29 Å². The Kier molecular flexibility index (Phi) is 4.21. The van der Waals surface area contributed by atoms with Crippen molar-refractivity contribution in [2.24, 2.45) is 34.5 Å². The highest BCUT2D eigenvalue weighted by molar-refractivity contribution is 5.66. The minimum Gasteiger partial charge on any atom is -0.435 e. The molecule has 1 saturated heterocycles. The van der Waals surface area contributed by atoms with E-state index in [0.29, 0.717) is 18.4 Å². The van der Waals surface area contributed by atoms with E-state index < -0.39 is 6.29 Å². The summed E-state index contributed by atoms with van der Waals surface area (Å²) in [5, 5.41) is 21.1. The van der Waals surface area contributed by atoms with Gasteiger partial charge in [-0.3, -0.25) is 4.79 Å². The number of rotatable bonds is 1. The molecule has 142 valence electrons.